The number of hydrogen-bond donors (Lipinski definition) is 0. The number of benzene rings is 1. The van der Waals surface area contributed by atoms with Crippen LogP contribution in [-0.4, -0.2) is 5.97 Å². The monoisotopic (exact) mass is 198 g/mol. The summed E-state index contributed by atoms with van der Waals surface area (Å²) >= 11 is 0. The summed E-state index contributed by atoms with van der Waals surface area (Å²) in [5.74, 6) is -1.62. The van der Waals surface area contributed by atoms with Crippen molar-refractivity contribution < 1.29 is 39.5 Å². The van der Waals surface area contributed by atoms with Gasteiger partial charge in [0.25, 0.3) is 0 Å². The molecular weight excluding hydrogens is 187 g/mol. The van der Waals surface area contributed by atoms with E-state index in [9.17, 15) is 9.90 Å². The van der Waals surface area contributed by atoms with Gasteiger partial charge in [0, 0.05) is 11.9 Å². The normalized spacial score (nSPS) is 11.1. The zero-order valence-corrected chi connectivity index (χ0v) is 10.3. The molecule has 0 N–H and O–H groups in total. The fourth-order valence-electron chi connectivity index (χ4n) is 1.22. The molecule has 2 nitrogen and oxygen atoms in total. The summed E-state index contributed by atoms with van der Waals surface area (Å²) in [6.07, 6.45) is 2.00. The molecule has 68 valence electrons. The number of allylic oxidation sites excluding steroid dienone is 1. The van der Waals surface area contributed by atoms with E-state index in [2.05, 4.69) is 6.58 Å². The molecule has 0 bridgehead atoms. The summed E-state index contributed by atoms with van der Waals surface area (Å²) in [6, 6.07) is 9.04. The molecule has 0 radical (unpaired) electrons. The van der Waals surface area contributed by atoms with Gasteiger partial charge in [0.2, 0.25) is 0 Å². The minimum Gasteiger partial charge on any atom is -0.549 e. The van der Waals surface area contributed by atoms with Crippen LogP contribution in [0.25, 0.3) is 0 Å². The molecule has 0 aromatic heterocycles. The molecule has 0 amide bonds. The van der Waals surface area contributed by atoms with Crippen molar-refractivity contribution in [3.63, 3.8) is 0 Å². The average molecular weight is 198 g/mol. The van der Waals surface area contributed by atoms with Crippen molar-refractivity contribution >= 4 is 5.97 Å². The van der Waals surface area contributed by atoms with E-state index in [1.54, 1.807) is 18.2 Å². The number of aliphatic carboxylic acids is 1. The molecule has 0 aliphatic heterocycles. The van der Waals surface area contributed by atoms with Crippen molar-refractivity contribution in [2.75, 3.05) is 0 Å². The molecule has 0 aliphatic rings. The van der Waals surface area contributed by atoms with Gasteiger partial charge in [-0.3, -0.25) is 0 Å². The van der Waals surface area contributed by atoms with Crippen LogP contribution < -0.4 is 34.7 Å². The zero-order chi connectivity index (χ0) is 9.68. The van der Waals surface area contributed by atoms with Gasteiger partial charge in [-0.2, -0.15) is 0 Å². The van der Waals surface area contributed by atoms with Crippen molar-refractivity contribution in [3.8, 4) is 0 Å². The molecule has 0 unspecified atom stereocenters. The Morgan fingerprint density at radius 3 is 2.43 bits per heavy atom. The molecule has 1 aromatic rings. The molecule has 0 aliphatic carbocycles. The van der Waals surface area contributed by atoms with E-state index < -0.39 is 11.9 Å². The molecule has 0 saturated heterocycles. The van der Waals surface area contributed by atoms with E-state index in [1.165, 1.54) is 0 Å². The minimum atomic E-state index is -1.05. The first kappa shape index (κ1) is 13.4. The largest absolute Gasteiger partial charge is 1.00 e. The molecule has 0 saturated carbocycles. The van der Waals surface area contributed by atoms with Crippen LogP contribution >= 0.6 is 0 Å². The summed E-state index contributed by atoms with van der Waals surface area (Å²) in [4.78, 5) is 10.7. The Balaban J connectivity index is 0.00000169. The molecule has 0 heterocycles. The quantitative estimate of drug-likeness (QED) is 0.419. The molecule has 0 fully saturated rings. The van der Waals surface area contributed by atoms with Crippen LogP contribution in [0.5, 0.6) is 0 Å². The standard InChI is InChI=1S/C11H12O2.Na/c1-2-6-10(11(12)13)9-7-4-3-5-8-9;/h2-5,7-8,10H,1,6H2,(H,12,13);/q;+1/p-1/t10-;/m1./s1. The van der Waals surface area contributed by atoms with Crippen LogP contribution in [0.15, 0.2) is 43.0 Å². The van der Waals surface area contributed by atoms with Crippen molar-refractivity contribution in [2.24, 2.45) is 0 Å². The van der Waals surface area contributed by atoms with Crippen LogP contribution in [0.4, 0.5) is 0 Å². The van der Waals surface area contributed by atoms with Crippen molar-refractivity contribution in [3.05, 3.63) is 48.6 Å². The SMILES string of the molecule is C=CC[C@@H](C(=O)[O-])c1ccccc1.[Na+]. The Bertz CT molecular complexity index is 295. The fourth-order valence-corrected chi connectivity index (χ4v) is 1.22. The van der Waals surface area contributed by atoms with Gasteiger partial charge in [-0.05, 0) is 12.0 Å². The summed E-state index contributed by atoms with van der Waals surface area (Å²) < 4.78 is 0. The molecule has 14 heavy (non-hydrogen) atoms. The van der Waals surface area contributed by atoms with Crippen LogP contribution in [-0.2, 0) is 4.79 Å². The summed E-state index contributed by atoms with van der Waals surface area (Å²) in [5, 5.41) is 10.7. The van der Waals surface area contributed by atoms with E-state index in [4.69, 9.17) is 0 Å². The van der Waals surface area contributed by atoms with E-state index in [0.29, 0.717) is 6.42 Å². The number of carboxylic acids is 1. The van der Waals surface area contributed by atoms with Crippen molar-refractivity contribution in [1.82, 2.24) is 0 Å². The van der Waals surface area contributed by atoms with E-state index in [-0.39, 0.29) is 29.6 Å². The maximum Gasteiger partial charge on any atom is 1.00 e. The van der Waals surface area contributed by atoms with Gasteiger partial charge in [-0.25, -0.2) is 0 Å². The fraction of sp³-hybridized carbons (Fsp3) is 0.182. The van der Waals surface area contributed by atoms with Gasteiger partial charge < -0.3 is 9.90 Å². The Morgan fingerprint density at radius 1 is 1.43 bits per heavy atom. The molecule has 0 spiro atoms. The third-order valence-electron chi connectivity index (χ3n) is 1.89. The smallest absolute Gasteiger partial charge is 0.549 e. The maximum atomic E-state index is 10.7. The third kappa shape index (κ3) is 3.66. The first-order valence-electron chi connectivity index (χ1n) is 4.12. The van der Waals surface area contributed by atoms with Crippen LogP contribution in [0.1, 0.15) is 17.9 Å². The van der Waals surface area contributed by atoms with Gasteiger partial charge in [-0.15, -0.1) is 6.58 Å². The first-order valence-corrected chi connectivity index (χ1v) is 4.12. The van der Waals surface area contributed by atoms with E-state index in [0.717, 1.165) is 5.56 Å². The summed E-state index contributed by atoms with van der Waals surface area (Å²) in [6.45, 7) is 3.52. The minimum absolute atomic E-state index is 0. The maximum absolute atomic E-state index is 10.7. The van der Waals surface area contributed by atoms with Crippen LogP contribution in [0.3, 0.4) is 0 Å². The van der Waals surface area contributed by atoms with Gasteiger partial charge >= 0.3 is 29.6 Å². The molecule has 1 rings (SSSR count). The predicted molar refractivity (Wildman–Crippen MR) is 49.0 cm³/mol. The topological polar surface area (TPSA) is 40.1 Å². The van der Waals surface area contributed by atoms with Crippen molar-refractivity contribution in [2.45, 2.75) is 12.3 Å². The van der Waals surface area contributed by atoms with Gasteiger partial charge in [-0.1, -0.05) is 36.4 Å². The van der Waals surface area contributed by atoms with Gasteiger partial charge in [0.1, 0.15) is 0 Å². The second-order valence-corrected chi connectivity index (χ2v) is 2.81. The number of carboxylic acid groups (broad SMARTS) is 1. The summed E-state index contributed by atoms with van der Waals surface area (Å²) in [5.41, 5.74) is 0.766. The molecule has 3 heteroatoms. The number of carbonyl (C=O) groups excluding carboxylic acids is 1. The molecule has 1 atom stereocenters. The molecule has 1 aromatic carbocycles. The molecular formula is C11H11NaO2. The van der Waals surface area contributed by atoms with Crippen LogP contribution in [0.2, 0.25) is 0 Å². The Labute approximate surface area is 106 Å². The second kappa shape index (κ2) is 6.82. The number of carbonyl (C=O) groups is 1. The van der Waals surface area contributed by atoms with Gasteiger partial charge in [0.15, 0.2) is 0 Å². The van der Waals surface area contributed by atoms with Crippen LogP contribution in [0, 0.1) is 0 Å². The van der Waals surface area contributed by atoms with E-state index >= 15 is 0 Å². The summed E-state index contributed by atoms with van der Waals surface area (Å²) in [7, 11) is 0. The number of rotatable bonds is 4. The number of hydrogen-bond acceptors (Lipinski definition) is 2. The second-order valence-electron chi connectivity index (χ2n) is 2.81. The first-order chi connectivity index (χ1) is 6.25. The van der Waals surface area contributed by atoms with E-state index in [1.807, 2.05) is 18.2 Å². The predicted octanol–water partition coefficient (Wildman–Crippen LogP) is -1.90. The zero-order valence-electron chi connectivity index (χ0n) is 8.27. The Hall–Kier alpha value is -0.570. The van der Waals surface area contributed by atoms with Gasteiger partial charge in [0.05, 0.1) is 0 Å². The average Bonchev–Trinajstić information content (AvgIpc) is 2.15. The van der Waals surface area contributed by atoms with Crippen molar-refractivity contribution in [1.29, 1.82) is 0 Å². The Morgan fingerprint density at radius 2 is 2.00 bits per heavy atom. The third-order valence-corrected chi connectivity index (χ3v) is 1.89. The Kier molecular flexibility index (Phi) is 6.54.